The van der Waals surface area contributed by atoms with Crippen molar-refractivity contribution in [2.45, 2.75) is 52.4 Å². The van der Waals surface area contributed by atoms with Crippen molar-refractivity contribution in [2.24, 2.45) is 0 Å². The molecule has 0 heterocycles. The maximum Gasteiger partial charge on any atom is 0.123 e. The Balaban J connectivity index is 2.67. The molecule has 2 rings (SSSR count). The first-order valence-corrected chi connectivity index (χ1v) is 7.50. The van der Waals surface area contributed by atoms with E-state index in [1.54, 1.807) is 0 Å². The highest BCUT2D eigenvalue weighted by molar-refractivity contribution is 5.70. The van der Waals surface area contributed by atoms with Crippen molar-refractivity contribution < 1.29 is 4.39 Å². The van der Waals surface area contributed by atoms with E-state index in [-0.39, 0.29) is 16.6 Å². The van der Waals surface area contributed by atoms with Gasteiger partial charge in [-0.15, -0.1) is 0 Å². The van der Waals surface area contributed by atoms with E-state index in [4.69, 9.17) is 0 Å². The minimum Gasteiger partial charge on any atom is -0.207 e. The van der Waals surface area contributed by atoms with Gasteiger partial charge in [0.25, 0.3) is 0 Å². The van der Waals surface area contributed by atoms with Gasteiger partial charge in [0, 0.05) is 0 Å². The van der Waals surface area contributed by atoms with Crippen molar-refractivity contribution in [3.63, 3.8) is 0 Å². The molecule has 0 aliphatic heterocycles. The van der Waals surface area contributed by atoms with Crippen LogP contribution in [0, 0.1) is 5.82 Å². The third-order valence-electron chi connectivity index (χ3n) is 3.85. The Morgan fingerprint density at radius 2 is 1.29 bits per heavy atom. The fraction of sp³-hybridized carbons (Fsp3) is 0.400. The predicted octanol–water partition coefficient (Wildman–Crippen LogP) is 6.09. The summed E-state index contributed by atoms with van der Waals surface area (Å²) in [4.78, 5) is 0. The van der Waals surface area contributed by atoms with Gasteiger partial charge < -0.3 is 0 Å². The number of rotatable bonds is 1. The topological polar surface area (TPSA) is 0 Å². The summed E-state index contributed by atoms with van der Waals surface area (Å²) in [5, 5.41) is 0. The van der Waals surface area contributed by atoms with E-state index in [1.807, 2.05) is 12.1 Å². The fourth-order valence-corrected chi connectivity index (χ4v) is 2.53. The molecule has 112 valence electrons. The van der Waals surface area contributed by atoms with Crippen molar-refractivity contribution in [1.29, 1.82) is 0 Å². The van der Waals surface area contributed by atoms with Crippen LogP contribution in [0.15, 0.2) is 42.5 Å². The number of hydrogen-bond donors (Lipinski definition) is 0. The van der Waals surface area contributed by atoms with E-state index < -0.39 is 0 Å². The molecule has 0 spiro atoms. The van der Waals surface area contributed by atoms with Crippen molar-refractivity contribution in [3.05, 3.63) is 59.4 Å². The van der Waals surface area contributed by atoms with Crippen molar-refractivity contribution in [1.82, 2.24) is 0 Å². The number of benzene rings is 2. The Kier molecular flexibility index (Phi) is 3.97. The highest BCUT2D eigenvalue weighted by Gasteiger charge is 2.22. The van der Waals surface area contributed by atoms with Crippen LogP contribution in [-0.4, -0.2) is 0 Å². The van der Waals surface area contributed by atoms with Gasteiger partial charge in [0.15, 0.2) is 0 Å². The zero-order valence-electron chi connectivity index (χ0n) is 13.9. The normalized spacial score (nSPS) is 12.5. The second kappa shape index (κ2) is 5.29. The Morgan fingerprint density at radius 1 is 0.714 bits per heavy atom. The average Bonchev–Trinajstić information content (AvgIpc) is 2.37. The molecule has 2 aromatic rings. The highest BCUT2D eigenvalue weighted by atomic mass is 19.1. The van der Waals surface area contributed by atoms with Crippen LogP contribution in [0.5, 0.6) is 0 Å². The first kappa shape index (κ1) is 15.8. The van der Waals surface area contributed by atoms with Gasteiger partial charge in [-0.1, -0.05) is 71.9 Å². The van der Waals surface area contributed by atoms with Gasteiger partial charge in [-0.05, 0) is 45.2 Å². The summed E-state index contributed by atoms with van der Waals surface area (Å²) >= 11 is 0. The van der Waals surface area contributed by atoms with Crippen LogP contribution in [-0.2, 0) is 10.8 Å². The lowest BCUT2D eigenvalue weighted by atomic mass is 9.78. The molecule has 0 aliphatic rings. The lowest BCUT2D eigenvalue weighted by Gasteiger charge is -2.27. The zero-order chi connectivity index (χ0) is 15.8. The van der Waals surface area contributed by atoms with E-state index in [1.165, 1.54) is 28.8 Å². The van der Waals surface area contributed by atoms with E-state index in [2.05, 4.69) is 59.7 Å². The van der Waals surface area contributed by atoms with E-state index in [9.17, 15) is 4.39 Å². The average molecular weight is 284 g/mol. The number of hydrogen-bond acceptors (Lipinski definition) is 0. The maximum absolute atomic E-state index is 13.2. The van der Waals surface area contributed by atoms with Gasteiger partial charge in [0.1, 0.15) is 5.82 Å². The van der Waals surface area contributed by atoms with Crippen LogP contribution in [0.3, 0.4) is 0 Å². The van der Waals surface area contributed by atoms with E-state index >= 15 is 0 Å². The largest absolute Gasteiger partial charge is 0.207 e. The second-order valence-electron chi connectivity index (χ2n) is 7.77. The SMILES string of the molecule is CC(C)(C)c1ccc(C(C)(C)C)c(-c2ccc(F)cc2)c1. The lowest BCUT2D eigenvalue weighted by molar-refractivity contribution is 0.578. The lowest BCUT2D eigenvalue weighted by Crippen LogP contribution is -2.16. The predicted molar refractivity (Wildman–Crippen MR) is 89.2 cm³/mol. The molecule has 0 nitrogen and oxygen atoms in total. The molecule has 0 amide bonds. The monoisotopic (exact) mass is 284 g/mol. The van der Waals surface area contributed by atoms with Crippen LogP contribution in [0.4, 0.5) is 4.39 Å². The molecular formula is C20H25F. The molecule has 0 saturated heterocycles. The minimum atomic E-state index is -0.192. The van der Waals surface area contributed by atoms with E-state index in [0.717, 1.165) is 5.56 Å². The van der Waals surface area contributed by atoms with Crippen LogP contribution >= 0.6 is 0 Å². The van der Waals surface area contributed by atoms with Crippen molar-refractivity contribution in [2.75, 3.05) is 0 Å². The van der Waals surface area contributed by atoms with Crippen molar-refractivity contribution in [3.8, 4) is 11.1 Å². The summed E-state index contributed by atoms with van der Waals surface area (Å²) in [7, 11) is 0. The first-order valence-electron chi connectivity index (χ1n) is 7.50. The van der Waals surface area contributed by atoms with Gasteiger partial charge in [-0.3, -0.25) is 0 Å². The Hall–Kier alpha value is -1.63. The van der Waals surface area contributed by atoms with Crippen LogP contribution in [0.1, 0.15) is 52.7 Å². The van der Waals surface area contributed by atoms with Crippen LogP contribution in [0.25, 0.3) is 11.1 Å². The molecule has 0 atom stereocenters. The molecule has 0 fully saturated rings. The third-order valence-corrected chi connectivity index (χ3v) is 3.85. The smallest absolute Gasteiger partial charge is 0.123 e. The van der Waals surface area contributed by atoms with Crippen LogP contribution < -0.4 is 0 Å². The second-order valence-corrected chi connectivity index (χ2v) is 7.77. The summed E-state index contributed by atoms with van der Waals surface area (Å²) < 4.78 is 13.2. The third kappa shape index (κ3) is 3.53. The van der Waals surface area contributed by atoms with Gasteiger partial charge in [-0.2, -0.15) is 0 Å². The molecule has 0 bridgehead atoms. The van der Waals surface area contributed by atoms with Gasteiger partial charge >= 0.3 is 0 Å². The number of halogens is 1. The van der Waals surface area contributed by atoms with Gasteiger partial charge in [-0.25, -0.2) is 4.39 Å². The van der Waals surface area contributed by atoms with E-state index in [0.29, 0.717) is 0 Å². The summed E-state index contributed by atoms with van der Waals surface area (Å²) in [6.07, 6.45) is 0. The molecule has 0 aromatic heterocycles. The highest BCUT2D eigenvalue weighted by Crippen LogP contribution is 2.36. The summed E-state index contributed by atoms with van der Waals surface area (Å²) in [6, 6.07) is 13.5. The first-order chi connectivity index (χ1) is 9.59. The Bertz CT molecular complexity index is 622. The van der Waals surface area contributed by atoms with Crippen molar-refractivity contribution >= 4 is 0 Å². The Morgan fingerprint density at radius 3 is 1.76 bits per heavy atom. The van der Waals surface area contributed by atoms with Gasteiger partial charge in [0.2, 0.25) is 0 Å². The molecule has 0 N–H and O–H groups in total. The molecule has 2 aromatic carbocycles. The summed E-state index contributed by atoms with van der Waals surface area (Å²) in [5.74, 6) is -0.192. The molecule has 0 saturated carbocycles. The standard InChI is InChI=1S/C20H25F/c1-19(2,3)15-9-12-18(20(4,5)6)17(13-15)14-7-10-16(21)11-8-14/h7-13H,1-6H3. The molecule has 0 radical (unpaired) electrons. The molecule has 21 heavy (non-hydrogen) atoms. The minimum absolute atomic E-state index is 0.0557. The quantitative estimate of drug-likeness (QED) is 0.594. The molecule has 0 unspecified atom stereocenters. The summed E-state index contributed by atoms with van der Waals surface area (Å²) in [5.41, 5.74) is 5.03. The van der Waals surface area contributed by atoms with Gasteiger partial charge in [0.05, 0.1) is 0 Å². The zero-order valence-corrected chi connectivity index (χ0v) is 13.9. The van der Waals surface area contributed by atoms with Crippen LogP contribution in [0.2, 0.25) is 0 Å². The fourth-order valence-electron chi connectivity index (χ4n) is 2.53. The summed E-state index contributed by atoms with van der Waals surface area (Å²) in [6.45, 7) is 13.3. The Labute approximate surface area is 128 Å². The maximum atomic E-state index is 13.2. The molecule has 0 aliphatic carbocycles. The molecular weight excluding hydrogens is 259 g/mol. The molecule has 1 heteroatoms.